The standard InChI is InChI=1S/C19H19F3N2O/c20-4-1-2-13-10-23-5-3-14(13)11-24-12-16(8-19(24)25)15-6-17(21)9-18(22)7-15/h3,5-7,9-10,16H,1-2,4,8,11-12H2/i4D2. The molecule has 0 radical (unpaired) electrons. The summed E-state index contributed by atoms with van der Waals surface area (Å²) in [5, 5.41) is 0. The van der Waals surface area contributed by atoms with Crippen molar-refractivity contribution in [1.82, 2.24) is 9.88 Å². The number of rotatable bonds is 6. The fourth-order valence-corrected chi connectivity index (χ4v) is 3.18. The Morgan fingerprint density at radius 1 is 1.24 bits per heavy atom. The number of amides is 1. The summed E-state index contributed by atoms with van der Waals surface area (Å²) in [7, 11) is 0. The summed E-state index contributed by atoms with van der Waals surface area (Å²) in [5.74, 6) is -1.78. The predicted octanol–water partition coefficient (Wildman–Crippen LogP) is 3.78. The van der Waals surface area contributed by atoms with Gasteiger partial charge in [0.25, 0.3) is 0 Å². The van der Waals surface area contributed by atoms with Crippen LogP contribution in [0.15, 0.2) is 36.7 Å². The molecule has 2 aromatic rings. The van der Waals surface area contributed by atoms with Crippen molar-refractivity contribution in [2.24, 2.45) is 0 Å². The summed E-state index contributed by atoms with van der Waals surface area (Å²) in [6.07, 6.45) is 3.12. The van der Waals surface area contributed by atoms with Gasteiger partial charge in [-0.3, -0.25) is 14.2 Å². The number of alkyl halides is 1. The lowest BCUT2D eigenvalue weighted by molar-refractivity contribution is -0.128. The molecule has 0 N–H and O–H groups in total. The second-order valence-electron chi connectivity index (χ2n) is 6.16. The molecule has 1 aliphatic heterocycles. The molecule has 1 amide bonds. The van der Waals surface area contributed by atoms with Crippen molar-refractivity contribution in [2.45, 2.75) is 31.7 Å². The smallest absolute Gasteiger partial charge is 0.223 e. The number of aryl methyl sites for hydroxylation is 1. The number of aromatic nitrogens is 1. The monoisotopic (exact) mass is 350 g/mol. The molecule has 1 aromatic heterocycles. The molecule has 1 aromatic carbocycles. The summed E-state index contributed by atoms with van der Waals surface area (Å²) in [6, 6.07) is 4.99. The molecule has 3 nitrogen and oxygen atoms in total. The molecule has 132 valence electrons. The zero-order chi connectivity index (χ0) is 19.6. The van der Waals surface area contributed by atoms with Crippen molar-refractivity contribution >= 4 is 5.91 Å². The number of hydrogen-bond donors (Lipinski definition) is 0. The van der Waals surface area contributed by atoms with E-state index in [2.05, 4.69) is 4.98 Å². The SMILES string of the molecule is [2H]C([2H])(F)CCc1cnccc1CN1CC(c2cc(F)cc(F)c2)CC1=O. The molecule has 1 saturated heterocycles. The second kappa shape index (κ2) is 7.68. The first-order chi connectivity index (χ1) is 12.7. The van der Waals surface area contributed by atoms with Crippen molar-refractivity contribution in [3.8, 4) is 0 Å². The van der Waals surface area contributed by atoms with Crippen molar-refractivity contribution in [2.75, 3.05) is 13.2 Å². The van der Waals surface area contributed by atoms with Gasteiger partial charge in [0.05, 0.1) is 9.37 Å². The van der Waals surface area contributed by atoms with Crippen LogP contribution in [0, 0.1) is 11.6 Å². The molecule has 3 rings (SSSR count). The number of halogens is 3. The first kappa shape index (κ1) is 14.9. The Morgan fingerprint density at radius 2 is 2.00 bits per heavy atom. The summed E-state index contributed by atoms with van der Waals surface area (Å²) in [5.41, 5.74) is 1.88. The summed E-state index contributed by atoms with van der Waals surface area (Å²) < 4.78 is 54.1. The highest BCUT2D eigenvalue weighted by atomic mass is 19.1. The fraction of sp³-hybridized carbons (Fsp3) is 0.368. The van der Waals surface area contributed by atoms with E-state index < -0.39 is 18.3 Å². The molecule has 2 heterocycles. The number of pyridine rings is 1. The van der Waals surface area contributed by atoms with E-state index in [0.717, 1.165) is 11.6 Å². The van der Waals surface area contributed by atoms with Crippen LogP contribution in [0.2, 0.25) is 0 Å². The third kappa shape index (κ3) is 4.18. The highest BCUT2D eigenvalue weighted by Crippen LogP contribution is 2.30. The summed E-state index contributed by atoms with van der Waals surface area (Å²) in [6.45, 7) is -2.18. The molecule has 0 aliphatic carbocycles. The predicted molar refractivity (Wildman–Crippen MR) is 87.7 cm³/mol. The zero-order valence-corrected chi connectivity index (χ0v) is 13.5. The van der Waals surface area contributed by atoms with Gasteiger partial charge in [-0.25, -0.2) is 8.78 Å². The number of likely N-dealkylation sites (tertiary alicyclic amines) is 1. The zero-order valence-electron chi connectivity index (χ0n) is 15.5. The molecule has 25 heavy (non-hydrogen) atoms. The maximum atomic E-state index is 13.4. The van der Waals surface area contributed by atoms with E-state index in [9.17, 15) is 18.0 Å². The van der Waals surface area contributed by atoms with E-state index >= 15 is 0 Å². The van der Waals surface area contributed by atoms with E-state index in [0.29, 0.717) is 17.7 Å². The van der Waals surface area contributed by atoms with E-state index in [1.807, 2.05) is 0 Å². The lowest BCUT2D eigenvalue weighted by Gasteiger charge is -2.19. The fourth-order valence-electron chi connectivity index (χ4n) is 3.18. The number of benzene rings is 1. The number of carbonyl (C=O) groups is 1. The Hall–Kier alpha value is -2.37. The van der Waals surface area contributed by atoms with Crippen LogP contribution in [-0.2, 0) is 17.8 Å². The van der Waals surface area contributed by atoms with Gasteiger partial charge in [0, 0.05) is 43.9 Å². The third-order valence-corrected chi connectivity index (χ3v) is 4.43. The molecule has 6 heteroatoms. The van der Waals surface area contributed by atoms with Crippen LogP contribution in [0.25, 0.3) is 0 Å². The highest BCUT2D eigenvalue weighted by molar-refractivity contribution is 5.79. The van der Waals surface area contributed by atoms with E-state index in [1.54, 1.807) is 23.4 Å². The molecule has 1 fully saturated rings. The quantitative estimate of drug-likeness (QED) is 0.794. The van der Waals surface area contributed by atoms with Crippen LogP contribution in [0.1, 0.15) is 38.2 Å². The molecule has 1 unspecified atom stereocenters. The van der Waals surface area contributed by atoms with Crippen molar-refractivity contribution < 1.29 is 20.7 Å². The van der Waals surface area contributed by atoms with Gasteiger partial charge < -0.3 is 4.90 Å². The first-order valence-electron chi connectivity index (χ1n) is 9.06. The maximum Gasteiger partial charge on any atom is 0.223 e. The van der Waals surface area contributed by atoms with Crippen LogP contribution < -0.4 is 0 Å². The summed E-state index contributed by atoms with van der Waals surface area (Å²) in [4.78, 5) is 17.9. The molecular formula is C19H19F3N2O. The average Bonchev–Trinajstić information content (AvgIpc) is 2.93. The number of nitrogens with zero attached hydrogens (tertiary/aromatic N) is 2. The highest BCUT2D eigenvalue weighted by Gasteiger charge is 2.31. The molecule has 0 bridgehead atoms. The van der Waals surface area contributed by atoms with E-state index in [4.69, 9.17) is 2.74 Å². The Bertz CT molecular complexity index is 822. The molecule has 1 atom stereocenters. The van der Waals surface area contributed by atoms with E-state index in [1.165, 1.54) is 12.1 Å². The minimum Gasteiger partial charge on any atom is -0.338 e. The van der Waals surface area contributed by atoms with Gasteiger partial charge in [0.2, 0.25) is 5.91 Å². The van der Waals surface area contributed by atoms with Gasteiger partial charge >= 0.3 is 0 Å². The third-order valence-electron chi connectivity index (χ3n) is 4.43. The maximum absolute atomic E-state index is 13.4. The molecule has 0 saturated carbocycles. The van der Waals surface area contributed by atoms with Gasteiger partial charge in [0.1, 0.15) is 11.6 Å². The largest absolute Gasteiger partial charge is 0.338 e. The second-order valence-corrected chi connectivity index (χ2v) is 6.16. The molecule has 0 spiro atoms. The van der Waals surface area contributed by atoms with E-state index in [-0.39, 0.29) is 37.6 Å². The lowest BCUT2D eigenvalue weighted by Crippen LogP contribution is -2.25. The summed E-state index contributed by atoms with van der Waals surface area (Å²) >= 11 is 0. The van der Waals surface area contributed by atoms with Crippen molar-refractivity contribution in [1.29, 1.82) is 0 Å². The van der Waals surface area contributed by atoms with Crippen molar-refractivity contribution in [3.05, 3.63) is 65.0 Å². The lowest BCUT2D eigenvalue weighted by atomic mass is 9.98. The minimum atomic E-state index is -2.77. The van der Waals surface area contributed by atoms with Gasteiger partial charge in [-0.15, -0.1) is 0 Å². The minimum absolute atomic E-state index is 0.131. The normalized spacial score (nSPS) is 19.1. The van der Waals surface area contributed by atoms with Crippen LogP contribution in [-0.4, -0.2) is 29.0 Å². The topological polar surface area (TPSA) is 33.2 Å². The van der Waals surface area contributed by atoms with Crippen LogP contribution in [0.4, 0.5) is 13.2 Å². The number of hydrogen-bond acceptors (Lipinski definition) is 2. The first-order valence-corrected chi connectivity index (χ1v) is 8.06. The van der Waals surface area contributed by atoms with Crippen LogP contribution in [0.3, 0.4) is 0 Å². The Labute approximate surface area is 147 Å². The van der Waals surface area contributed by atoms with Crippen LogP contribution in [0.5, 0.6) is 0 Å². The van der Waals surface area contributed by atoms with Crippen molar-refractivity contribution in [3.63, 3.8) is 0 Å². The molecule has 1 aliphatic rings. The Morgan fingerprint density at radius 3 is 2.72 bits per heavy atom. The van der Waals surface area contributed by atoms with Gasteiger partial charge in [-0.1, -0.05) is 0 Å². The Kier molecular flexibility index (Phi) is 4.58. The molecular weight excluding hydrogens is 329 g/mol. The van der Waals surface area contributed by atoms with Gasteiger partial charge in [-0.05, 0) is 47.7 Å². The average molecular weight is 350 g/mol. The Balaban J connectivity index is 1.72. The van der Waals surface area contributed by atoms with Gasteiger partial charge in [-0.2, -0.15) is 0 Å². The van der Waals surface area contributed by atoms with Gasteiger partial charge in [0.15, 0.2) is 0 Å². The number of carbonyl (C=O) groups excluding carboxylic acids is 1. The van der Waals surface area contributed by atoms with Crippen LogP contribution >= 0.6 is 0 Å².